The smallest absolute Gasteiger partial charge is 0.0894 e. The van der Waals surface area contributed by atoms with Gasteiger partial charge in [0.05, 0.1) is 5.76 Å². The number of rotatable bonds is 4. The van der Waals surface area contributed by atoms with Gasteiger partial charge in [0.25, 0.3) is 0 Å². The number of hydrogen-bond donors (Lipinski definition) is 1. The highest BCUT2D eigenvalue weighted by molar-refractivity contribution is 5.28. The molecule has 0 aromatic heterocycles. The van der Waals surface area contributed by atoms with Crippen LogP contribution in [-0.4, -0.2) is 5.11 Å². The number of aliphatic hydroxyl groups excluding tert-OH is 1. The Kier molecular flexibility index (Phi) is 3.52. The van der Waals surface area contributed by atoms with E-state index in [-0.39, 0.29) is 5.76 Å². The summed E-state index contributed by atoms with van der Waals surface area (Å²) in [6.07, 6.45) is 1.43. The van der Waals surface area contributed by atoms with Crippen LogP contribution >= 0.6 is 0 Å². The van der Waals surface area contributed by atoms with Crippen LogP contribution in [0.5, 0.6) is 0 Å². The van der Waals surface area contributed by atoms with Crippen LogP contribution in [0.1, 0.15) is 18.1 Å². The van der Waals surface area contributed by atoms with E-state index in [2.05, 4.69) is 25.3 Å². The molecule has 0 amide bonds. The molecule has 0 fully saturated rings. The maximum atomic E-state index is 9.07. The Labute approximate surface area is 85.4 Å². The quantitative estimate of drug-likeness (QED) is 0.567. The molecule has 1 rings (SSSR count). The van der Waals surface area contributed by atoms with Gasteiger partial charge in [-0.05, 0) is 24.5 Å². The van der Waals surface area contributed by atoms with Crippen molar-refractivity contribution in [2.45, 2.75) is 19.8 Å². The second-order valence-electron chi connectivity index (χ2n) is 3.70. The Morgan fingerprint density at radius 2 is 1.79 bits per heavy atom. The summed E-state index contributed by atoms with van der Waals surface area (Å²) in [5.41, 5.74) is 3.47. The molecule has 0 aliphatic heterocycles. The molecule has 0 saturated heterocycles. The van der Waals surface area contributed by atoms with Crippen molar-refractivity contribution in [1.82, 2.24) is 0 Å². The highest BCUT2D eigenvalue weighted by atomic mass is 16.3. The summed E-state index contributed by atoms with van der Waals surface area (Å²) in [5.74, 6) is 0.206. The zero-order valence-corrected chi connectivity index (χ0v) is 8.59. The zero-order valence-electron chi connectivity index (χ0n) is 8.59. The molecule has 0 atom stereocenters. The maximum Gasteiger partial charge on any atom is 0.0894 e. The summed E-state index contributed by atoms with van der Waals surface area (Å²) in [7, 11) is 0. The molecule has 0 heterocycles. The van der Waals surface area contributed by atoms with Gasteiger partial charge in [0, 0.05) is 6.42 Å². The minimum Gasteiger partial charge on any atom is -0.513 e. The average molecular weight is 188 g/mol. The van der Waals surface area contributed by atoms with Crippen LogP contribution in [-0.2, 0) is 12.8 Å². The summed E-state index contributed by atoms with van der Waals surface area (Å²) in [4.78, 5) is 0. The molecule has 0 aliphatic rings. The van der Waals surface area contributed by atoms with Gasteiger partial charge in [0.2, 0.25) is 0 Å². The van der Waals surface area contributed by atoms with Gasteiger partial charge >= 0.3 is 0 Å². The van der Waals surface area contributed by atoms with E-state index in [4.69, 9.17) is 5.11 Å². The SMILES string of the molecule is C=C(C)Cc1cccc(CC(=C)O)c1. The average Bonchev–Trinajstić information content (AvgIpc) is 2.01. The molecule has 0 spiro atoms. The molecule has 0 unspecified atom stereocenters. The van der Waals surface area contributed by atoms with E-state index < -0.39 is 0 Å². The fourth-order valence-electron chi connectivity index (χ4n) is 1.43. The molecule has 0 radical (unpaired) electrons. The van der Waals surface area contributed by atoms with E-state index in [9.17, 15) is 0 Å². The second kappa shape index (κ2) is 4.66. The highest BCUT2D eigenvalue weighted by Gasteiger charge is 1.98. The molecule has 1 heteroatoms. The molecule has 0 saturated carbocycles. The topological polar surface area (TPSA) is 20.2 Å². The first-order chi connectivity index (χ1) is 6.58. The molecule has 14 heavy (non-hydrogen) atoms. The van der Waals surface area contributed by atoms with Crippen molar-refractivity contribution in [3.63, 3.8) is 0 Å². The molecule has 1 aromatic rings. The fraction of sp³-hybridized carbons (Fsp3) is 0.231. The molecule has 74 valence electrons. The van der Waals surface area contributed by atoms with Crippen LogP contribution in [0.3, 0.4) is 0 Å². The molecular weight excluding hydrogens is 172 g/mol. The van der Waals surface area contributed by atoms with Crippen LogP contribution in [0.25, 0.3) is 0 Å². The van der Waals surface area contributed by atoms with Crippen molar-refractivity contribution >= 4 is 0 Å². The van der Waals surface area contributed by atoms with Crippen molar-refractivity contribution in [3.05, 3.63) is 59.9 Å². The molecule has 0 bridgehead atoms. The van der Waals surface area contributed by atoms with E-state index in [0.29, 0.717) is 6.42 Å². The lowest BCUT2D eigenvalue weighted by atomic mass is 10.0. The van der Waals surface area contributed by atoms with E-state index >= 15 is 0 Å². The van der Waals surface area contributed by atoms with E-state index in [0.717, 1.165) is 17.6 Å². The number of aliphatic hydroxyl groups is 1. The molecule has 0 aliphatic carbocycles. The van der Waals surface area contributed by atoms with Crippen molar-refractivity contribution < 1.29 is 5.11 Å². The summed E-state index contributed by atoms with van der Waals surface area (Å²) in [6, 6.07) is 8.13. The van der Waals surface area contributed by atoms with Crippen LogP contribution in [0.2, 0.25) is 0 Å². The largest absolute Gasteiger partial charge is 0.513 e. The van der Waals surface area contributed by atoms with Crippen molar-refractivity contribution in [1.29, 1.82) is 0 Å². The molecule has 1 N–H and O–H groups in total. The van der Waals surface area contributed by atoms with Gasteiger partial charge in [0.1, 0.15) is 0 Å². The number of hydrogen-bond acceptors (Lipinski definition) is 1. The van der Waals surface area contributed by atoms with Crippen LogP contribution in [0.15, 0.2) is 48.8 Å². The van der Waals surface area contributed by atoms with Crippen LogP contribution in [0, 0.1) is 0 Å². The minimum atomic E-state index is 0.206. The third-order valence-corrected chi connectivity index (χ3v) is 1.91. The summed E-state index contributed by atoms with van der Waals surface area (Å²) >= 11 is 0. The van der Waals surface area contributed by atoms with E-state index in [1.54, 1.807) is 0 Å². The summed E-state index contributed by atoms with van der Waals surface area (Å²) in [6.45, 7) is 9.36. The Morgan fingerprint density at radius 3 is 2.29 bits per heavy atom. The third-order valence-electron chi connectivity index (χ3n) is 1.91. The van der Waals surface area contributed by atoms with E-state index in [1.807, 2.05) is 19.1 Å². The fourth-order valence-corrected chi connectivity index (χ4v) is 1.43. The minimum absolute atomic E-state index is 0.206. The van der Waals surface area contributed by atoms with Crippen LogP contribution in [0.4, 0.5) is 0 Å². The third kappa shape index (κ3) is 3.48. The Balaban J connectivity index is 2.78. The molecule has 1 aromatic carbocycles. The monoisotopic (exact) mass is 188 g/mol. The van der Waals surface area contributed by atoms with Gasteiger partial charge in [-0.25, -0.2) is 0 Å². The normalized spacial score (nSPS) is 9.79. The lowest BCUT2D eigenvalue weighted by Crippen LogP contribution is -1.91. The predicted octanol–water partition coefficient (Wildman–Crippen LogP) is 3.42. The second-order valence-corrected chi connectivity index (χ2v) is 3.70. The standard InChI is InChI=1S/C13H16O/c1-10(2)7-12-5-4-6-13(9-12)8-11(3)14/h4-6,9,14H,1,3,7-8H2,2H3. The van der Waals surface area contributed by atoms with Crippen molar-refractivity contribution in [3.8, 4) is 0 Å². The predicted molar refractivity (Wildman–Crippen MR) is 60.4 cm³/mol. The lowest BCUT2D eigenvalue weighted by Gasteiger charge is -2.04. The van der Waals surface area contributed by atoms with Gasteiger partial charge in [-0.3, -0.25) is 0 Å². The van der Waals surface area contributed by atoms with Gasteiger partial charge in [0.15, 0.2) is 0 Å². The highest BCUT2D eigenvalue weighted by Crippen LogP contribution is 2.11. The van der Waals surface area contributed by atoms with Gasteiger partial charge < -0.3 is 5.11 Å². The summed E-state index contributed by atoms with van der Waals surface area (Å²) < 4.78 is 0. The zero-order chi connectivity index (χ0) is 10.6. The van der Waals surface area contributed by atoms with Crippen LogP contribution < -0.4 is 0 Å². The number of allylic oxidation sites excluding steroid dienone is 2. The first kappa shape index (κ1) is 10.6. The van der Waals surface area contributed by atoms with E-state index in [1.165, 1.54) is 5.56 Å². The first-order valence-corrected chi connectivity index (χ1v) is 4.67. The Bertz CT molecular complexity index is 319. The Hall–Kier alpha value is -1.50. The van der Waals surface area contributed by atoms with Crippen molar-refractivity contribution in [2.24, 2.45) is 0 Å². The van der Waals surface area contributed by atoms with Gasteiger partial charge in [-0.2, -0.15) is 0 Å². The van der Waals surface area contributed by atoms with Crippen molar-refractivity contribution in [2.75, 3.05) is 0 Å². The molecular formula is C13H16O. The maximum absolute atomic E-state index is 9.07. The Morgan fingerprint density at radius 1 is 1.21 bits per heavy atom. The van der Waals surface area contributed by atoms with Gasteiger partial charge in [-0.15, -0.1) is 0 Å². The number of benzene rings is 1. The van der Waals surface area contributed by atoms with Gasteiger partial charge in [-0.1, -0.05) is 43.0 Å². The summed E-state index contributed by atoms with van der Waals surface area (Å²) in [5, 5.41) is 9.07. The molecule has 1 nitrogen and oxygen atoms in total. The first-order valence-electron chi connectivity index (χ1n) is 4.67. The lowest BCUT2D eigenvalue weighted by molar-refractivity contribution is 0.401.